The van der Waals surface area contributed by atoms with Crippen LogP contribution in [-0.4, -0.2) is 17.1 Å². The first-order valence-electron chi connectivity index (χ1n) is 4.62. The largest absolute Gasteiger partial charge is 0.509 e. The summed E-state index contributed by atoms with van der Waals surface area (Å²) in [6.07, 6.45) is 7.44. The van der Waals surface area contributed by atoms with Gasteiger partial charge in [0.25, 0.3) is 0 Å². The average molecular weight is 212 g/mol. The first kappa shape index (κ1) is 15.9. The number of amides is 1. The van der Waals surface area contributed by atoms with E-state index in [-0.39, 0.29) is 5.76 Å². The average Bonchev–Trinajstić information content (AvgIpc) is 2.14. The summed E-state index contributed by atoms with van der Waals surface area (Å²) in [5.74, 6) is -0.342. The minimum Gasteiger partial charge on any atom is -0.509 e. The number of aliphatic hydroxyl groups is 1. The molecule has 15 heavy (non-hydrogen) atoms. The van der Waals surface area contributed by atoms with Crippen LogP contribution >= 0.6 is 0 Å². The Hall–Kier alpha value is -1.55. The van der Waals surface area contributed by atoms with Gasteiger partial charge >= 0.3 is 0 Å². The number of hydrogen-bond donors (Lipinski definition) is 3. The molecule has 0 aliphatic heterocycles. The van der Waals surface area contributed by atoms with Crippen molar-refractivity contribution < 1.29 is 9.90 Å². The van der Waals surface area contributed by atoms with Crippen LogP contribution in [0.5, 0.6) is 0 Å². The minimum absolute atomic E-state index is 0.109. The molecule has 0 rings (SSSR count). The molecule has 0 aromatic heterocycles. The van der Waals surface area contributed by atoms with E-state index in [1.54, 1.807) is 6.08 Å². The number of aliphatic hydroxyl groups excluding tert-OH is 1. The Morgan fingerprint density at radius 1 is 1.47 bits per heavy atom. The Balaban J connectivity index is 0. The van der Waals surface area contributed by atoms with Crippen molar-refractivity contribution in [2.45, 2.75) is 26.3 Å². The quantitative estimate of drug-likeness (QED) is 0.374. The highest BCUT2D eigenvalue weighted by Crippen LogP contribution is 1.87. The van der Waals surface area contributed by atoms with Crippen molar-refractivity contribution in [2.24, 2.45) is 11.5 Å². The third-order valence-corrected chi connectivity index (χ3v) is 1.35. The van der Waals surface area contributed by atoms with Gasteiger partial charge in [-0.25, -0.2) is 0 Å². The topological polar surface area (TPSA) is 89.3 Å². The van der Waals surface area contributed by atoms with Crippen molar-refractivity contribution in [3.05, 3.63) is 36.6 Å². The zero-order valence-electron chi connectivity index (χ0n) is 9.31. The van der Waals surface area contributed by atoms with Crippen LogP contribution in [-0.2, 0) is 4.79 Å². The predicted molar refractivity (Wildman–Crippen MR) is 63.2 cm³/mol. The number of rotatable bonds is 4. The minimum atomic E-state index is -0.527. The maximum atomic E-state index is 10.3. The Kier molecular flexibility index (Phi) is 11.2. The molecule has 0 aromatic carbocycles. The summed E-state index contributed by atoms with van der Waals surface area (Å²) in [7, 11) is 0. The van der Waals surface area contributed by atoms with Gasteiger partial charge in [0.05, 0.1) is 6.04 Å². The second-order valence-corrected chi connectivity index (χ2v) is 2.80. The molecule has 86 valence electrons. The molecular formula is C11H20N2O2. The van der Waals surface area contributed by atoms with E-state index in [2.05, 4.69) is 6.58 Å². The van der Waals surface area contributed by atoms with E-state index in [1.807, 2.05) is 26.0 Å². The summed E-state index contributed by atoms with van der Waals surface area (Å²) in [4.78, 5) is 10.3. The molecule has 0 aromatic rings. The lowest BCUT2D eigenvalue weighted by molar-refractivity contribution is -0.119. The van der Waals surface area contributed by atoms with E-state index >= 15 is 0 Å². The second kappa shape index (κ2) is 10.5. The van der Waals surface area contributed by atoms with Gasteiger partial charge in [0, 0.05) is 0 Å². The van der Waals surface area contributed by atoms with E-state index in [9.17, 15) is 4.79 Å². The van der Waals surface area contributed by atoms with E-state index in [1.165, 1.54) is 6.08 Å². The van der Waals surface area contributed by atoms with Gasteiger partial charge in [-0.2, -0.15) is 0 Å². The molecule has 0 radical (unpaired) electrons. The molecule has 0 spiro atoms. The number of primary amides is 1. The summed E-state index contributed by atoms with van der Waals surface area (Å²) in [5.41, 5.74) is 10.2. The van der Waals surface area contributed by atoms with Crippen LogP contribution in [0.4, 0.5) is 0 Å². The van der Waals surface area contributed by atoms with Gasteiger partial charge < -0.3 is 16.6 Å². The molecule has 1 atom stereocenters. The summed E-state index contributed by atoms with van der Waals surface area (Å²) in [5, 5.41) is 8.27. The molecular weight excluding hydrogens is 192 g/mol. The Bertz CT molecular complexity index is 245. The molecule has 1 amide bonds. The maximum absolute atomic E-state index is 10.3. The van der Waals surface area contributed by atoms with Gasteiger partial charge in [-0.15, -0.1) is 0 Å². The summed E-state index contributed by atoms with van der Waals surface area (Å²) in [6, 6.07) is -0.527. The molecule has 4 heteroatoms. The second-order valence-electron chi connectivity index (χ2n) is 2.80. The Morgan fingerprint density at radius 3 is 2.20 bits per heavy atom. The van der Waals surface area contributed by atoms with Crippen LogP contribution in [0, 0.1) is 0 Å². The summed E-state index contributed by atoms with van der Waals surface area (Å²) < 4.78 is 0. The van der Waals surface area contributed by atoms with E-state index in [0.717, 1.165) is 0 Å². The lowest BCUT2D eigenvalue weighted by Crippen LogP contribution is -2.35. The van der Waals surface area contributed by atoms with Crippen LogP contribution in [0.1, 0.15) is 20.3 Å². The fourth-order valence-electron chi connectivity index (χ4n) is 0.591. The zero-order valence-corrected chi connectivity index (χ0v) is 9.31. The smallest absolute Gasteiger partial charge is 0.234 e. The van der Waals surface area contributed by atoms with Gasteiger partial charge in [-0.3, -0.25) is 4.79 Å². The lowest BCUT2D eigenvalue weighted by Gasteiger charge is -2.00. The van der Waals surface area contributed by atoms with Crippen LogP contribution in [0.2, 0.25) is 0 Å². The SMILES string of the molecule is C/C=C/CC(N)C(N)=O.C=C(O)/C=C\C. The third kappa shape index (κ3) is 15.2. The number of allylic oxidation sites excluding steroid dienone is 3. The molecule has 0 fully saturated rings. The molecule has 5 N–H and O–H groups in total. The normalized spacial score (nSPS) is 12.2. The van der Waals surface area contributed by atoms with Crippen LogP contribution in [0.15, 0.2) is 36.6 Å². The Labute approximate surface area is 91.0 Å². The molecule has 0 aliphatic rings. The number of hydrogen-bond acceptors (Lipinski definition) is 3. The van der Waals surface area contributed by atoms with Crippen LogP contribution < -0.4 is 11.5 Å². The van der Waals surface area contributed by atoms with Crippen molar-refractivity contribution in [3.63, 3.8) is 0 Å². The van der Waals surface area contributed by atoms with Crippen molar-refractivity contribution >= 4 is 5.91 Å². The van der Waals surface area contributed by atoms with Gasteiger partial charge in [0.1, 0.15) is 5.76 Å². The zero-order chi connectivity index (χ0) is 12.3. The molecule has 1 unspecified atom stereocenters. The van der Waals surface area contributed by atoms with Crippen molar-refractivity contribution in [2.75, 3.05) is 0 Å². The number of carbonyl (C=O) groups excluding carboxylic acids is 1. The van der Waals surface area contributed by atoms with E-state index in [0.29, 0.717) is 6.42 Å². The highest BCUT2D eigenvalue weighted by molar-refractivity contribution is 5.79. The molecule has 0 heterocycles. The summed E-state index contributed by atoms with van der Waals surface area (Å²) in [6.45, 7) is 6.90. The third-order valence-electron chi connectivity index (χ3n) is 1.35. The van der Waals surface area contributed by atoms with E-state index in [4.69, 9.17) is 16.6 Å². The first-order valence-corrected chi connectivity index (χ1v) is 4.62. The van der Waals surface area contributed by atoms with Crippen LogP contribution in [0.25, 0.3) is 0 Å². The van der Waals surface area contributed by atoms with Crippen molar-refractivity contribution in [3.8, 4) is 0 Å². The standard InChI is InChI=1S/C6H12N2O.C5H8O/c1-2-3-4-5(7)6(8)9;1-3-4-5(2)6/h2-3,5H,4,7H2,1H3,(H2,8,9);3-4,6H,2H2,1H3/b3-2+;4-3-. The van der Waals surface area contributed by atoms with Crippen LogP contribution in [0.3, 0.4) is 0 Å². The molecule has 0 saturated carbocycles. The van der Waals surface area contributed by atoms with E-state index < -0.39 is 11.9 Å². The predicted octanol–water partition coefficient (Wildman–Crippen LogP) is 1.40. The maximum Gasteiger partial charge on any atom is 0.234 e. The fourth-order valence-corrected chi connectivity index (χ4v) is 0.591. The molecule has 0 saturated heterocycles. The Morgan fingerprint density at radius 2 is 2.00 bits per heavy atom. The lowest BCUT2D eigenvalue weighted by atomic mass is 10.2. The molecule has 4 nitrogen and oxygen atoms in total. The summed E-state index contributed by atoms with van der Waals surface area (Å²) >= 11 is 0. The molecule has 0 aliphatic carbocycles. The highest BCUT2D eigenvalue weighted by Gasteiger charge is 2.04. The van der Waals surface area contributed by atoms with Gasteiger partial charge in [-0.1, -0.05) is 24.8 Å². The number of nitrogens with two attached hydrogens (primary N) is 2. The first-order chi connectivity index (χ1) is 6.95. The van der Waals surface area contributed by atoms with Crippen molar-refractivity contribution in [1.82, 2.24) is 0 Å². The van der Waals surface area contributed by atoms with Gasteiger partial charge in [0.2, 0.25) is 5.91 Å². The molecule has 0 bridgehead atoms. The monoisotopic (exact) mass is 212 g/mol. The highest BCUT2D eigenvalue weighted by atomic mass is 16.3. The van der Waals surface area contributed by atoms with Gasteiger partial charge in [0.15, 0.2) is 0 Å². The van der Waals surface area contributed by atoms with Gasteiger partial charge in [-0.05, 0) is 26.3 Å². The number of carbonyl (C=O) groups is 1. The van der Waals surface area contributed by atoms with Crippen molar-refractivity contribution in [1.29, 1.82) is 0 Å². The fraction of sp³-hybridized carbons (Fsp3) is 0.364.